The Morgan fingerprint density at radius 3 is 2.72 bits per heavy atom. The number of hydrogen-bond donors (Lipinski definition) is 1. The molecule has 0 unspecified atom stereocenters. The second-order valence-corrected chi connectivity index (χ2v) is 7.54. The van der Waals surface area contributed by atoms with E-state index in [9.17, 15) is 13.2 Å². The van der Waals surface area contributed by atoms with E-state index in [4.69, 9.17) is 9.47 Å². The molecule has 0 spiro atoms. The van der Waals surface area contributed by atoms with Gasteiger partial charge in [-0.2, -0.15) is 0 Å². The number of benzene rings is 2. The monoisotopic (exact) mass is 361 g/mol. The molecule has 0 radical (unpaired) electrons. The van der Waals surface area contributed by atoms with E-state index >= 15 is 0 Å². The predicted molar refractivity (Wildman–Crippen MR) is 92.5 cm³/mol. The molecule has 0 aliphatic carbocycles. The van der Waals surface area contributed by atoms with Gasteiger partial charge in [-0.15, -0.1) is 0 Å². The minimum Gasteiger partial charge on any atom is -0.454 e. The molecule has 0 saturated heterocycles. The lowest BCUT2D eigenvalue weighted by Gasteiger charge is -2.08. The molecule has 0 saturated carbocycles. The first-order chi connectivity index (χ1) is 12.0. The van der Waals surface area contributed by atoms with Crippen molar-refractivity contribution in [3.63, 3.8) is 0 Å². The smallest absolute Gasteiger partial charge is 0.240 e. The Kier molecular flexibility index (Phi) is 5.06. The second-order valence-electron chi connectivity index (χ2n) is 5.77. The quantitative estimate of drug-likeness (QED) is 0.605. The number of ketones is 1. The second kappa shape index (κ2) is 7.25. The summed E-state index contributed by atoms with van der Waals surface area (Å²) in [5.41, 5.74) is 1.44. The number of ether oxygens (including phenoxy) is 2. The zero-order valence-corrected chi connectivity index (χ0v) is 14.6. The Morgan fingerprint density at radius 1 is 1.12 bits per heavy atom. The first-order valence-electron chi connectivity index (χ1n) is 7.95. The van der Waals surface area contributed by atoms with Gasteiger partial charge in [0.1, 0.15) is 0 Å². The molecule has 1 heterocycles. The summed E-state index contributed by atoms with van der Waals surface area (Å²) in [6.45, 7) is 1.95. The zero-order chi connectivity index (χ0) is 17.9. The Bertz CT molecular complexity index is 892. The third-order valence-electron chi connectivity index (χ3n) is 3.92. The van der Waals surface area contributed by atoms with Gasteiger partial charge >= 0.3 is 0 Å². The molecule has 0 fully saturated rings. The number of fused-ring (bicyclic) bond motifs is 1. The fraction of sp³-hybridized carbons (Fsp3) is 0.278. The maximum Gasteiger partial charge on any atom is 0.240 e. The van der Waals surface area contributed by atoms with Gasteiger partial charge in [-0.3, -0.25) is 4.79 Å². The third kappa shape index (κ3) is 4.18. The molecule has 0 atom stereocenters. The van der Waals surface area contributed by atoms with Crippen LogP contribution in [-0.2, 0) is 16.4 Å². The van der Waals surface area contributed by atoms with Crippen molar-refractivity contribution in [1.82, 2.24) is 4.72 Å². The van der Waals surface area contributed by atoms with Crippen molar-refractivity contribution in [3.8, 4) is 11.5 Å². The highest BCUT2D eigenvalue weighted by atomic mass is 32.2. The fourth-order valence-electron chi connectivity index (χ4n) is 2.56. The van der Waals surface area contributed by atoms with E-state index in [1.54, 1.807) is 12.1 Å². The van der Waals surface area contributed by atoms with Crippen molar-refractivity contribution in [3.05, 3.63) is 53.6 Å². The molecule has 25 heavy (non-hydrogen) atoms. The minimum absolute atomic E-state index is 0.100. The minimum atomic E-state index is -3.63. The van der Waals surface area contributed by atoms with E-state index in [-0.39, 0.29) is 17.5 Å². The van der Waals surface area contributed by atoms with Gasteiger partial charge in [-0.1, -0.05) is 18.2 Å². The van der Waals surface area contributed by atoms with Crippen molar-refractivity contribution in [2.75, 3.05) is 13.3 Å². The van der Waals surface area contributed by atoms with Gasteiger partial charge in [0.05, 0.1) is 4.90 Å². The Balaban J connectivity index is 1.56. The molecule has 2 aromatic rings. The fourth-order valence-corrected chi connectivity index (χ4v) is 3.68. The van der Waals surface area contributed by atoms with Crippen molar-refractivity contribution >= 4 is 15.8 Å². The Morgan fingerprint density at radius 2 is 1.92 bits per heavy atom. The van der Waals surface area contributed by atoms with Gasteiger partial charge in [0.2, 0.25) is 16.8 Å². The molecule has 132 valence electrons. The molecular weight excluding hydrogens is 342 g/mol. The van der Waals surface area contributed by atoms with Gasteiger partial charge < -0.3 is 9.47 Å². The zero-order valence-electron chi connectivity index (χ0n) is 13.8. The van der Waals surface area contributed by atoms with Crippen LogP contribution in [-0.4, -0.2) is 27.5 Å². The number of Topliss-reactive ketones (excluding diaryl/α,β-unsaturated/α-hetero) is 1. The first-order valence-corrected chi connectivity index (χ1v) is 9.43. The number of aryl methyl sites for hydroxylation is 1. The van der Waals surface area contributed by atoms with Crippen LogP contribution in [0.5, 0.6) is 11.5 Å². The molecule has 2 aromatic carbocycles. The molecule has 0 aromatic heterocycles. The van der Waals surface area contributed by atoms with Crippen LogP contribution in [0, 0.1) is 0 Å². The van der Waals surface area contributed by atoms with Crippen molar-refractivity contribution < 1.29 is 22.7 Å². The van der Waals surface area contributed by atoms with E-state index < -0.39 is 10.0 Å². The van der Waals surface area contributed by atoms with Crippen molar-refractivity contribution in [2.24, 2.45) is 0 Å². The van der Waals surface area contributed by atoms with Gasteiger partial charge in [-0.25, -0.2) is 13.1 Å². The van der Waals surface area contributed by atoms with Crippen LogP contribution < -0.4 is 14.2 Å². The molecular formula is C18H19NO5S. The molecule has 7 heteroatoms. The largest absolute Gasteiger partial charge is 0.454 e. The maximum atomic E-state index is 12.3. The molecule has 3 rings (SSSR count). The van der Waals surface area contributed by atoms with Crippen LogP contribution in [0.15, 0.2) is 47.4 Å². The molecule has 1 N–H and O–H groups in total. The van der Waals surface area contributed by atoms with E-state index in [0.29, 0.717) is 24.9 Å². The summed E-state index contributed by atoms with van der Waals surface area (Å²) < 4.78 is 37.8. The molecule has 0 amide bonds. The normalized spacial score (nSPS) is 13.0. The van der Waals surface area contributed by atoms with Gasteiger partial charge in [0.15, 0.2) is 17.3 Å². The standard InChI is InChI=1S/C18H19NO5S/c1-13(20)15-5-2-6-16(11-15)25(21,22)19-9-3-4-14-7-8-17-18(10-14)24-12-23-17/h2,5-8,10-11,19H,3-4,9,12H2,1H3. The number of nitrogens with one attached hydrogen (secondary N) is 1. The van der Waals surface area contributed by atoms with E-state index in [0.717, 1.165) is 17.1 Å². The topological polar surface area (TPSA) is 81.7 Å². The van der Waals surface area contributed by atoms with Gasteiger partial charge in [0, 0.05) is 12.1 Å². The average molecular weight is 361 g/mol. The number of rotatable bonds is 7. The Hall–Kier alpha value is -2.38. The lowest BCUT2D eigenvalue weighted by atomic mass is 10.1. The summed E-state index contributed by atoms with van der Waals surface area (Å²) in [6, 6.07) is 11.7. The lowest BCUT2D eigenvalue weighted by molar-refractivity contribution is 0.101. The van der Waals surface area contributed by atoms with Crippen LogP contribution >= 0.6 is 0 Å². The maximum absolute atomic E-state index is 12.3. The Labute approximate surface area is 146 Å². The summed E-state index contributed by atoms with van der Waals surface area (Å²) in [5, 5.41) is 0. The summed E-state index contributed by atoms with van der Waals surface area (Å²) in [6.07, 6.45) is 1.36. The molecule has 6 nitrogen and oxygen atoms in total. The van der Waals surface area contributed by atoms with E-state index in [2.05, 4.69) is 4.72 Å². The molecule has 1 aliphatic rings. The summed E-state index contributed by atoms with van der Waals surface area (Å²) in [5.74, 6) is 1.29. The van der Waals surface area contributed by atoms with Crippen LogP contribution in [0.2, 0.25) is 0 Å². The third-order valence-corrected chi connectivity index (χ3v) is 5.38. The summed E-state index contributed by atoms with van der Waals surface area (Å²) >= 11 is 0. The van der Waals surface area contributed by atoms with E-state index in [1.165, 1.54) is 19.1 Å². The van der Waals surface area contributed by atoms with Crippen LogP contribution in [0.4, 0.5) is 0 Å². The SMILES string of the molecule is CC(=O)c1cccc(S(=O)(=O)NCCCc2ccc3c(c2)OCO3)c1. The van der Waals surface area contributed by atoms with Crippen molar-refractivity contribution in [1.29, 1.82) is 0 Å². The number of carbonyl (C=O) groups excluding carboxylic acids is 1. The average Bonchev–Trinajstić information content (AvgIpc) is 3.06. The summed E-state index contributed by atoms with van der Waals surface area (Å²) in [4.78, 5) is 11.5. The first kappa shape index (κ1) is 17.4. The highest BCUT2D eigenvalue weighted by Gasteiger charge is 2.15. The highest BCUT2D eigenvalue weighted by molar-refractivity contribution is 7.89. The molecule has 1 aliphatic heterocycles. The van der Waals surface area contributed by atoms with E-state index in [1.807, 2.05) is 18.2 Å². The van der Waals surface area contributed by atoms with Gasteiger partial charge in [0.25, 0.3) is 0 Å². The van der Waals surface area contributed by atoms with Crippen LogP contribution in [0.1, 0.15) is 29.3 Å². The summed E-state index contributed by atoms with van der Waals surface area (Å²) in [7, 11) is -3.63. The highest BCUT2D eigenvalue weighted by Crippen LogP contribution is 2.32. The van der Waals surface area contributed by atoms with Crippen LogP contribution in [0.3, 0.4) is 0 Å². The molecule has 0 bridgehead atoms. The lowest BCUT2D eigenvalue weighted by Crippen LogP contribution is -2.25. The van der Waals surface area contributed by atoms with Gasteiger partial charge in [-0.05, 0) is 49.6 Å². The predicted octanol–water partition coefficient (Wildman–Crippen LogP) is 2.53. The van der Waals surface area contributed by atoms with Crippen molar-refractivity contribution in [2.45, 2.75) is 24.7 Å². The number of sulfonamides is 1. The van der Waals surface area contributed by atoms with Crippen LogP contribution in [0.25, 0.3) is 0 Å². The number of hydrogen-bond acceptors (Lipinski definition) is 5. The number of carbonyl (C=O) groups is 1.